The van der Waals surface area contributed by atoms with Crippen molar-refractivity contribution >= 4 is 17.9 Å². The van der Waals surface area contributed by atoms with Gasteiger partial charge in [-0.2, -0.15) is 0 Å². The summed E-state index contributed by atoms with van der Waals surface area (Å²) < 4.78 is 4.11. The minimum absolute atomic E-state index is 0.0147. The number of nitrogens with one attached hydrogen (secondary N) is 1. The highest BCUT2D eigenvalue weighted by molar-refractivity contribution is 6.04. The molecule has 3 aromatic rings. The largest absolute Gasteiger partial charge is 0.327 e. The normalized spacial score (nSPS) is 18.3. The summed E-state index contributed by atoms with van der Waals surface area (Å²) in [6.45, 7) is 4.00. The summed E-state index contributed by atoms with van der Waals surface area (Å²) in [7, 11) is 0. The van der Waals surface area contributed by atoms with Crippen molar-refractivity contribution in [3.63, 3.8) is 0 Å². The standard InChI is InChI=1S/C21H22N8O/c1-13-14(2)28(11-23-13)16-8-9-22-18(10-16)21(30)26-19-5-3-4-17(25-19)20-27-24-12-29(20)15-6-7-15/h3-5,9-12,15-16H,6-8H2,1-2H3,(H,25,26,30). The number of rotatable bonds is 5. The Bertz CT molecular complexity index is 1170. The molecular weight excluding hydrogens is 380 g/mol. The SMILES string of the molecule is Cc1ncn(C2C=C(C(=O)Nc3cccc(-c4nncn4C4CC4)n3)N=CC2)c1C. The number of pyridine rings is 1. The highest BCUT2D eigenvalue weighted by atomic mass is 16.2. The van der Waals surface area contributed by atoms with Gasteiger partial charge in [0.05, 0.1) is 18.1 Å². The van der Waals surface area contributed by atoms with E-state index >= 15 is 0 Å². The van der Waals surface area contributed by atoms with Crippen LogP contribution in [0.5, 0.6) is 0 Å². The van der Waals surface area contributed by atoms with Gasteiger partial charge in [-0.15, -0.1) is 10.2 Å². The fourth-order valence-electron chi connectivity index (χ4n) is 3.59. The molecule has 1 aliphatic heterocycles. The lowest BCUT2D eigenvalue weighted by Gasteiger charge is -2.19. The molecule has 9 nitrogen and oxygen atoms in total. The molecule has 152 valence electrons. The Balaban J connectivity index is 1.35. The van der Waals surface area contributed by atoms with Crippen LogP contribution in [0.15, 0.2) is 47.6 Å². The monoisotopic (exact) mass is 402 g/mol. The molecule has 0 radical (unpaired) electrons. The molecule has 30 heavy (non-hydrogen) atoms. The number of aromatic nitrogens is 6. The van der Waals surface area contributed by atoms with E-state index in [9.17, 15) is 4.79 Å². The van der Waals surface area contributed by atoms with Crippen molar-refractivity contribution in [3.8, 4) is 11.5 Å². The summed E-state index contributed by atoms with van der Waals surface area (Å²) >= 11 is 0. The average Bonchev–Trinajstić information content (AvgIpc) is 3.39. The molecule has 1 amide bonds. The predicted octanol–water partition coefficient (Wildman–Crippen LogP) is 3.03. The van der Waals surface area contributed by atoms with Gasteiger partial charge in [0.25, 0.3) is 5.91 Å². The Hall–Kier alpha value is -3.62. The number of amides is 1. The van der Waals surface area contributed by atoms with Crippen LogP contribution >= 0.6 is 0 Å². The Morgan fingerprint density at radius 1 is 1.17 bits per heavy atom. The fraction of sp³-hybridized carbons (Fsp3) is 0.333. The Labute approximate surface area is 173 Å². The predicted molar refractivity (Wildman–Crippen MR) is 112 cm³/mol. The zero-order valence-electron chi connectivity index (χ0n) is 16.9. The molecule has 1 aliphatic carbocycles. The quantitative estimate of drug-likeness (QED) is 0.707. The zero-order valence-corrected chi connectivity index (χ0v) is 16.9. The topological polar surface area (TPSA) is 103 Å². The highest BCUT2D eigenvalue weighted by Gasteiger charge is 2.27. The van der Waals surface area contributed by atoms with E-state index in [4.69, 9.17) is 0 Å². The summed E-state index contributed by atoms with van der Waals surface area (Å²) in [6, 6.07) is 5.94. The molecule has 0 spiro atoms. The number of carbonyl (C=O) groups excluding carboxylic acids is 1. The number of hydrogen-bond donors (Lipinski definition) is 1. The first-order valence-electron chi connectivity index (χ1n) is 10.0. The molecule has 1 saturated carbocycles. The second kappa shape index (κ2) is 7.33. The molecule has 5 rings (SSSR count). The van der Waals surface area contributed by atoms with E-state index in [1.54, 1.807) is 18.6 Å². The molecule has 0 aromatic carbocycles. The number of nitrogens with zero attached hydrogens (tertiary/aromatic N) is 7. The second-order valence-electron chi connectivity index (χ2n) is 7.64. The van der Waals surface area contributed by atoms with Crippen LogP contribution in [0.1, 0.15) is 42.7 Å². The number of anilines is 1. The molecule has 1 unspecified atom stereocenters. The van der Waals surface area contributed by atoms with E-state index in [-0.39, 0.29) is 11.9 Å². The third-order valence-electron chi connectivity index (χ3n) is 5.54. The van der Waals surface area contributed by atoms with Gasteiger partial charge in [0.15, 0.2) is 5.82 Å². The summed E-state index contributed by atoms with van der Waals surface area (Å²) in [5, 5.41) is 11.1. The van der Waals surface area contributed by atoms with Crippen LogP contribution in [-0.4, -0.2) is 41.4 Å². The van der Waals surface area contributed by atoms with Crippen LogP contribution in [0, 0.1) is 13.8 Å². The molecule has 1 N–H and O–H groups in total. The van der Waals surface area contributed by atoms with E-state index in [1.807, 2.05) is 43.0 Å². The Morgan fingerprint density at radius 3 is 2.80 bits per heavy atom. The molecule has 9 heteroatoms. The van der Waals surface area contributed by atoms with Gasteiger partial charge in [-0.25, -0.2) is 9.97 Å². The first-order valence-corrected chi connectivity index (χ1v) is 10.0. The maximum Gasteiger partial charge on any atom is 0.275 e. The Kier molecular flexibility index (Phi) is 4.50. The first-order chi connectivity index (χ1) is 14.6. The van der Waals surface area contributed by atoms with Crippen molar-refractivity contribution in [1.29, 1.82) is 0 Å². The minimum atomic E-state index is -0.293. The maximum atomic E-state index is 12.8. The van der Waals surface area contributed by atoms with Gasteiger partial charge < -0.3 is 14.5 Å². The van der Waals surface area contributed by atoms with Gasteiger partial charge >= 0.3 is 0 Å². The zero-order chi connectivity index (χ0) is 20.7. The van der Waals surface area contributed by atoms with E-state index < -0.39 is 0 Å². The van der Waals surface area contributed by atoms with Gasteiger partial charge in [-0.05, 0) is 44.9 Å². The molecule has 0 bridgehead atoms. The molecular formula is C21H22N8O. The van der Waals surface area contributed by atoms with E-state index in [2.05, 4.69) is 35.0 Å². The summed E-state index contributed by atoms with van der Waals surface area (Å²) in [5.41, 5.74) is 3.11. The van der Waals surface area contributed by atoms with Gasteiger partial charge in [0.2, 0.25) is 0 Å². The lowest BCUT2D eigenvalue weighted by atomic mass is 10.1. The third-order valence-corrected chi connectivity index (χ3v) is 5.54. The van der Waals surface area contributed by atoms with Gasteiger partial charge in [-0.1, -0.05) is 6.07 Å². The van der Waals surface area contributed by atoms with Gasteiger partial charge in [-0.3, -0.25) is 9.79 Å². The molecule has 0 saturated heterocycles. The lowest BCUT2D eigenvalue weighted by Crippen LogP contribution is -2.19. The maximum absolute atomic E-state index is 12.8. The minimum Gasteiger partial charge on any atom is -0.327 e. The van der Waals surface area contributed by atoms with Crippen LogP contribution in [0.4, 0.5) is 5.82 Å². The summed E-state index contributed by atoms with van der Waals surface area (Å²) in [6.07, 6.45) is 10.2. The summed E-state index contributed by atoms with van der Waals surface area (Å²) in [5.74, 6) is 0.879. The number of aryl methyl sites for hydroxylation is 1. The van der Waals surface area contributed by atoms with Crippen molar-refractivity contribution < 1.29 is 4.79 Å². The molecule has 2 aliphatic rings. The van der Waals surface area contributed by atoms with E-state index in [0.29, 0.717) is 23.3 Å². The molecule has 4 heterocycles. The van der Waals surface area contributed by atoms with Crippen molar-refractivity contribution in [3.05, 3.63) is 54.0 Å². The number of hydrogen-bond acceptors (Lipinski definition) is 6. The summed E-state index contributed by atoms with van der Waals surface area (Å²) in [4.78, 5) is 26.0. The first kappa shape index (κ1) is 18.4. The van der Waals surface area contributed by atoms with Crippen molar-refractivity contribution in [1.82, 2.24) is 29.3 Å². The molecule has 1 fully saturated rings. The van der Waals surface area contributed by atoms with E-state index in [1.165, 1.54) is 0 Å². The number of carbonyl (C=O) groups is 1. The van der Waals surface area contributed by atoms with Gasteiger partial charge in [0, 0.05) is 24.4 Å². The van der Waals surface area contributed by atoms with Crippen LogP contribution in [0.3, 0.4) is 0 Å². The van der Waals surface area contributed by atoms with Crippen molar-refractivity contribution in [2.45, 2.75) is 45.2 Å². The Morgan fingerprint density at radius 2 is 2.03 bits per heavy atom. The third kappa shape index (κ3) is 3.42. The van der Waals surface area contributed by atoms with Crippen LogP contribution in [0.25, 0.3) is 11.5 Å². The van der Waals surface area contributed by atoms with Crippen LogP contribution in [-0.2, 0) is 4.79 Å². The lowest BCUT2D eigenvalue weighted by molar-refractivity contribution is -0.112. The van der Waals surface area contributed by atoms with E-state index in [0.717, 1.165) is 36.5 Å². The smallest absolute Gasteiger partial charge is 0.275 e. The average molecular weight is 402 g/mol. The van der Waals surface area contributed by atoms with Crippen molar-refractivity contribution in [2.24, 2.45) is 4.99 Å². The van der Waals surface area contributed by atoms with Crippen LogP contribution in [0.2, 0.25) is 0 Å². The highest BCUT2D eigenvalue weighted by Crippen LogP contribution is 2.37. The fourth-order valence-corrected chi connectivity index (χ4v) is 3.59. The number of aliphatic imine (C=N–C) groups is 1. The second-order valence-corrected chi connectivity index (χ2v) is 7.64. The number of imidazole rings is 1. The van der Waals surface area contributed by atoms with Gasteiger partial charge in [0.1, 0.15) is 23.5 Å². The van der Waals surface area contributed by atoms with Crippen LogP contribution < -0.4 is 5.32 Å². The molecule has 3 aromatic heterocycles. The number of allylic oxidation sites excluding steroid dienone is 1. The molecule has 1 atom stereocenters. The van der Waals surface area contributed by atoms with Crippen molar-refractivity contribution in [2.75, 3.05) is 5.32 Å².